The standard InChI is InChI=1S/C21H23N5O/c1-5-7-11-15(10-6-2)23-21-22-14-18-19(24-21)25(3)17-13-9-8-12-16(17)20(27)26(18)4/h5-14H,1-4H3,(H,22,23,24)/b7-5-,10-6-,15-11+. The fraction of sp³-hybridized carbons (Fsp3) is 0.190. The van der Waals surface area contributed by atoms with Crippen molar-refractivity contribution in [2.24, 2.45) is 0 Å². The number of hydrogen-bond donors (Lipinski definition) is 1. The van der Waals surface area contributed by atoms with Crippen LogP contribution in [0.25, 0.3) is 0 Å². The molecule has 0 spiro atoms. The summed E-state index contributed by atoms with van der Waals surface area (Å²) < 4.78 is 0. The molecule has 0 unspecified atom stereocenters. The number of rotatable bonds is 4. The lowest BCUT2D eigenvalue weighted by Gasteiger charge is -2.21. The molecule has 1 aromatic heterocycles. The minimum atomic E-state index is -0.0805. The maximum atomic E-state index is 12.8. The largest absolute Gasteiger partial charge is 0.327 e. The number of benzene rings is 1. The Labute approximate surface area is 159 Å². The number of hydrogen-bond acceptors (Lipinski definition) is 5. The Kier molecular flexibility index (Phi) is 5.35. The average molecular weight is 361 g/mol. The number of nitrogens with zero attached hydrogens (tertiary/aromatic N) is 4. The lowest BCUT2D eigenvalue weighted by molar-refractivity contribution is 0.0994. The van der Waals surface area contributed by atoms with Crippen LogP contribution in [0.15, 0.2) is 66.5 Å². The fourth-order valence-corrected chi connectivity index (χ4v) is 2.91. The highest BCUT2D eigenvalue weighted by atomic mass is 16.2. The summed E-state index contributed by atoms with van der Waals surface area (Å²) in [7, 11) is 3.65. The molecule has 1 aromatic carbocycles. The smallest absolute Gasteiger partial charge is 0.260 e. The van der Waals surface area contributed by atoms with Gasteiger partial charge in [0.25, 0.3) is 5.91 Å². The zero-order chi connectivity index (χ0) is 19.4. The number of carbonyl (C=O) groups excluding carboxylic acids is 1. The van der Waals surface area contributed by atoms with Crippen LogP contribution in [0.2, 0.25) is 0 Å². The van der Waals surface area contributed by atoms with Gasteiger partial charge in [-0.05, 0) is 38.1 Å². The van der Waals surface area contributed by atoms with Crippen molar-refractivity contribution in [3.63, 3.8) is 0 Å². The zero-order valence-corrected chi connectivity index (χ0v) is 16.0. The minimum absolute atomic E-state index is 0.0805. The van der Waals surface area contributed by atoms with E-state index < -0.39 is 0 Å². The summed E-state index contributed by atoms with van der Waals surface area (Å²) in [6.45, 7) is 3.91. The maximum absolute atomic E-state index is 12.8. The topological polar surface area (TPSA) is 61.4 Å². The number of carbonyl (C=O) groups is 1. The summed E-state index contributed by atoms with van der Waals surface area (Å²) in [5, 5.41) is 3.23. The minimum Gasteiger partial charge on any atom is -0.327 e. The third kappa shape index (κ3) is 3.60. The highest BCUT2D eigenvalue weighted by Crippen LogP contribution is 2.37. The first-order valence-corrected chi connectivity index (χ1v) is 8.77. The molecule has 1 N–H and O–H groups in total. The van der Waals surface area contributed by atoms with Crippen LogP contribution in [0.3, 0.4) is 0 Å². The van der Waals surface area contributed by atoms with E-state index in [1.54, 1.807) is 18.1 Å². The molecule has 6 heteroatoms. The molecule has 1 amide bonds. The van der Waals surface area contributed by atoms with Gasteiger partial charge in [-0.3, -0.25) is 4.79 Å². The number of para-hydroxylation sites is 1. The Hall–Kier alpha value is -3.41. The van der Waals surface area contributed by atoms with Crippen molar-refractivity contribution in [1.82, 2.24) is 9.97 Å². The molecule has 0 saturated heterocycles. The summed E-state index contributed by atoms with van der Waals surface area (Å²) in [5.74, 6) is 1.05. The molecule has 0 saturated carbocycles. The van der Waals surface area contributed by atoms with Crippen LogP contribution < -0.4 is 15.1 Å². The number of anilines is 4. The molecular formula is C21H23N5O. The summed E-state index contributed by atoms with van der Waals surface area (Å²) in [4.78, 5) is 25.4. The lowest BCUT2D eigenvalue weighted by Crippen LogP contribution is -2.25. The first-order valence-electron chi connectivity index (χ1n) is 8.77. The Balaban J connectivity index is 2.05. The van der Waals surface area contributed by atoms with Gasteiger partial charge >= 0.3 is 0 Å². The second-order valence-electron chi connectivity index (χ2n) is 6.12. The van der Waals surface area contributed by atoms with Gasteiger partial charge in [-0.2, -0.15) is 4.98 Å². The molecule has 138 valence electrons. The third-order valence-electron chi connectivity index (χ3n) is 4.30. The van der Waals surface area contributed by atoms with Crippen molar-refractivity contribution in [3.8, 4) is 0 Å². The Morgan fingerprint density at radius 3 is 2.59 bits per heavy atom. The second-order valence-corrected chi connectivity index (χ2v) is 6.12. The van der Waals surface area contributed by atoms with Gasteiger partial charge in [0.05, 0.1) is 17.4 Å². The molecular weight excluding hydrogens is 338 g/mol. The highest BCUT2D eigenvalue weighted by molar-refractivity contribution is 6.13. The van der Waals surface area contributed by atoms with Gasteiger partial charge in [0.1, 0.15) is 5.69 Å². The average Bonchev–Trinajstić information content (AvgIpc) is 2.77. The van der Waals surface area contributed by atoms with Crippen molar-refractivity contribution in [2.45, 2.75) is 13.8 Å². The highest BCUT2D eigenvalue weighted by Gasteiger charge is 2.28. The van der Waals surface area contributed by atoms with Gasteiger partial charge in [0, 0.05) is 19.8 Å². The van der Waals surface area contributed by atoms with Crippen LogP contribution in [0, 0.1) is 0 Å². The van der Waals surface area contributed by atoms with Crippen LogP contribution in [-0.2, 0) is 0 Å². The molecule has 0 aliphatic carbocycles. The molecule has 0 bridgehead atoms. The van der Waals surface area contributed by atoms with Crippen LogP contribution in [0.4, 0.5) is 23.1 Å². The number of aromatic nitrogens is 2. The maximum Gasteiger partial charge on any atom is 0.260 e. The number of allylic oxidation sites excluding steroid dienone is 5. The summed E-state index contributed by atoms with van der Waals surface area (Å²) >= 11 is 0. The molecule has 2 aromatic rings. The number of fused-ring (bicyclic) bond motifs is 2. The van der Waals surface area contributed by atoms with E-state index in [0.717, 1.165) is 11.4 Å². The van der Waals surface area contributed by atoms with Crippen molar-refractivity contribution < 1.29 is 4.79 Å². The van der Waals surface area contributed by atoms with Crippen LogP contribution >= 0.6 is 0 Å². The Morgan fingerprint density at radius 1 is 1.07 bits per heavy atom. The quantitative estimate of drug-likeness (QED) is 0.824. The molecule has 27 heavy (non-hydrogen) atoms. The summed E-state index contributed by atoms with van der Waals surface area (Å²) in [5.41, 5.74) is 2.99. The van der Waals surface area contributed by atoms with E-state index >= 15 is 0 Å². The molecule has 0 atom stereocenters. The van der Waals surface area contributed by atoms with E-state index in [4.69, 9.17) is 0 Å². The van der Waals surface area contributed by atoms with E-state index in [2.05, 4.69) is 15.3 Å². The first-order chi connectivity index (χ1) is 13.1. The summed E-state index contributed by atoms with van der Waals surface area (Å²) in [6.07, 6.45) is 11.4. The van der Waals surface area contributed by atoms with Crippen molar-refractivity contribution >= 4 is 29.0 Å². The van der Waals surface area contributed by atoms with Gasteiger partial charge in [-0.15, -0.1) is 0 Å². The molecule has 3 rings (SSSR count). The van der Waals surface area contributed by atoms with E-state index in [-0.39, 0.29) is 5.91 Å². The van der Waals surface area contributed by atoms with Gasteiger partial charge < -0.3 is 15.1 Å². The van der Waals surface area contributed by atoms with Crippen LogP contribution in [-0.4, -0.2) is 30.0 Å². The Bertz CT molecular complexity index is 945. The molecule has 0 fully saturated rings. The van der Waals surface area contributed by atoms with Crippen molar-refractivity contribution in [2.75, 3.05) is 29.2 Å². The monoisotopic (exact) mass is 361 g/mol. The first kappa shape index (κ1) is 18.4. The SMILES string of the molecule is C\C=C/C=C(\C=C/C)Nc1ncc2c(n1)N(C)c1ccccc1C(=O)N2C. The molecule has 6 nitrogen and oxygen atoms in total. The molecule has 0 radical (unpaired) electrons. The molecule has 1 aliphatic heterocycles. The van der Waals surface area contributed by atoms with Crippen LogP contribution in [0.5, 0.6) is 0 Å². The predicted octanol–water partition coefficient (Wildman–Crippen LogP) is 4.28. The van der Waals surface area contributed by atoms with E-state index in [9.17, 15) is 4.79 Å². The van der Waals surface area contributed by atoms with Gasteiger partial charge in [0.15, 0.2) is 5.82 Å². The third-order valence-corrected chi connectivity index (χ3v) is 4.30. The predicted molar refractivity (Wildman–Crippen MR) is 111 cm³/mol. The second kappa shape index (κ2) is 7.86. The molecule has 2 heterocycles. The van der Waals surface area contributed by atoms with Gasteiger partial charge in [0.2, 0.25) is 5.95 Å². The lowest BCUT2D eigenvalue weighted by atomic mass is 10.1. The normalized spacial score (nSPS) is 14.5. The van der Waals surface area contributed by atoms with Crippen molar-refractivity contribution in [1.29, 1.82) is 0 Å². The van der Waals surface area contributed by atoms with Crippen molar-refractivity contribution in [3.05, 3.63) is 72.1 Å². The number of amides is 1. The van der Waals surface area contributed by atoms with Gasteiger partial charge in [-0.25, -0.2) is 4.98 Å². The summed E-state index contributed by atoms with van der Waals surface area (Å²) in [6, 6.07) is 7.52. The molecule has 1 aliphatic rings. The van der Waals surface area contributed by atoms with Gasteiger partial charge in [-0.1, -0.05) is 30.4 Å². The van der Waals surface area contributed by atoms with E-state index in [1.165, 1.54) is 0 Å². The fourth-order valence-electron chi connectivity index (χ4n) is 2.91. The van der Waals surface area contributed by atoms with E-state index in [1.807, 2.05) is 80.4 Å². The Morgan fingerprint density at radius 2 is 1.85 bits per heavy atom. The van der Waals surface area contributed by atoms with E-state index in [0.29, 0.717) is 23.0 Å². The zero-order valence-electron chi connectivity index (χ0n) is 16.0. The van der Waals surface area contributed by atoms with Crippen LogP contribution in [0.1, 0.15) is 24.2 Å². The number of nitrogens with one attached hydrogen (secondary N) is 1.